The van der Waals surface area contributed by atoms with Crippen LogP contribution in [-0.2, 0) is 23.8 Å². The second kappa shape index (κ2) is 16.0. The average molecular weight is 684 g/mol. The van der Waals surface area contributed by atoms with E-state index in [1.807, 2.05) is 6.92 Å². The number of aliphatic hydroxyl groups is 5. The molecular formula is C33H57N5O10. The molecule has 274 valence electrons. The molecule has 0 aromatic rings. The fraction of sp³-hybridized carbons (Fsp3) is 0.909. The van der Waals surface area contributed by atoms with Crippen molar-refractivity contribution in [2.75, 3.05) is 33.9 Å². The van der Waals surface area contributed by atoms with Crippen molar-refractivity contribution in [3.63, 3.8) is 0 Å². The summed E-state index contributed by atoms with van der Waals surface area (Å²) in [5, 5.41) is 59.6. The molecule has 3 saturated carbocycles. The third-order valence-corrected chi connectivity index (χ3v) is 12.1. The van der Waals surface area contributed by atoms with Gasteiger partial charge in [-0.3, -0.25) is 14.6 Å². The molecule has 2 aliphatic heterocycles. The number of hydrogen-bond acceptors (Lipinski definition) is 13. The molecule has 0 aromatic heterocycles. The van der Waals surface area contributed by atoms with Crippen molar-refractivity contribution < 1.29 is 49.3 Å². The zero-order chi connectivity index (χ0) is 34.9. The second-order valence-electron chi connectivity index (χ2n) is 14.6. The minimum Gasteiger partial charge on any atom is -0.394 e. The van der Waals surface area contributed by atoms with Crippen molar-refractivity contribution in [1.29, 1.82) is 0 Å². The summed E-state index contributed by atoms with van der Waals surface area (Å²) in [5.41, 5.74) is 12.0. The normalized spacial score (nSPS) is 46.9. The molecule has 5 fully saturated rings. The van der Waals surface area contributed by atoms with Gasteiger partial charge in [-0.1, -0.05) is 13.3 Å². The van der Waals surface area contributed by atoms with E-state index < -0.39 is 79.3 Å². The van der Waals surface area contributed by atoms with Crippen molar-refractivity contribution in [3.05, 3.63) is 0 Å². The standard InChI is InChI=1S/C33H57N5O10/c1-4-16-19(46-3)10-20(47-32-31(45)30(44)28(42)21(13-39)48-32)25-23(16)26(40)17-9-15(7-5-14-6-8-22(34)37-11-14)18(12-38-33(35)36-2)27(41)24(17)29(25)43/h14-25,27-28,30-32,37,39,41-42,44-45H,4-13,34H2,1-3H3,(H3,35,36,38)/t14?,15?,16?,17?,18?,19?,20?,21-,22?,23?,24?,25?,27?,28-,30+,31-,32+/m1/s1. The summed E-state index contributed by atoms with van der Waals surface area (Å²) in [6.07, 6.45) is -5.35. The summed E-state index contributed by atoms with van der Waals surface area (Å²) in [4.78, 5) is 33.4. The van der Waals surface area contributed by atoms with Gasteiger partial charge in [-0.05, 0) is 56.4 Å². The maximum atomic E-state index is 14.7. The summed E-state index contributed by atoms with van der Waals surface area (Å²) in [7, 11) is 3.11. The van der Waals surface area contributed by atoms with E-state index in [9.17, 15) is 35.1 Å². The Balaban J connectivity index is 1.43. The van der Waals surface area contributed by atoms with Crippen LogP contribution in [0.5, 0.6) is 0 Å². The second-order valence-corrected chi connectivity index (χ2v) is 14.6. The molecule has 0 spiro atoms. The number of nitrogens with one attached hydrogen (secondary N) is 2. The summed E-state index contributed by atoms with van der Waals surface area (Å²) in [5.74, 6) is -3.76. The number of Topliss-reactive ketones (excluding diaryl/α,β-unsaturated/α-hetero) is 2. The number of aliphatic imine (C=N–C) groups is 1. The molecular weight excluding hydrogens is 626 g/mol. The van der Waals surface area contributed by atoms with Gasteiger partial charge in [-0.2, -0.15) is 0 Å². The van der Waals surface area contributed by atoms with Crippen LogP contribution >= 0.6 is 0 Å². The molecule has 2 heterocycles. The number of guanidine groups is 1. The summed E-state index contributed by atoms with van der Waals surface area (Å²) >= 11 is 0. The van der Waals surface area contributed by atoms with E-state index in [0.29, 0.717) is 18.8 Å². The Labute approximate surface area is 282 Å². The Morgan fingerprint density at radius 3 is 2.35 bits per heavy atom. The molecule has 15 heteroatoms. The molecule has 0 aromatic carbocycles. The topological polar surface area (TPSA) is 251 Å². The van der Waals surface area contributed by atoms with Gasteiger partial charge in [0.25, 0.3) is 0 Å². The smallest absolute Gasteiger partial charge is 0.188 e. The molecule has 48 heavy (non-hydrogen) atoms. The van der Waals surface area contributed by atoms with Crippen molar-refractivity contribution >= 4 is 17.5 Å². The fourth-order valence-electron chi connectivity index (χ4n) is 9.42. The van der Waals surface area contributed by atoms with Gasteiger partial charge in [0.2, 0.25) is 0 Å². The zero-order valence-electron chi connectivity index (χ0n) is 28.3. The number of piperidine rings is 1. The Kier molecular flexibility index (Phi) is 12.5. The largest absolute Gasteiger partial charge is 0.394 e. The van der Waals surface area contributed by atoms with E-state index in [0.717, 1.165) is 32.2 Å². The van der Waals surface area contributed by atoms with Gasteiger partial charge in [-0.25, -0.2) is 0 Å². The van der Waals surface area contributed by atoms with E-state index in [1.54, 1.807) is 14.2 Å². The number of carbonyl (C=O) groups is 2. The number of carbonyl (C=O) groups excluding carboxylic acids is 2. The lowest BCUT2D eigenvalue weighted by Crippen LogP contribution is -2.66. The lowest BCUT2D eigenvalue weighted by Gasteiger charge is -2.55. The predicted octanol–water partition coefficient (Wildman–Crippen LogP) is -2.17. The number of nitrogens with two attached hydrogens (primary N) is 2. The van der Waals surface area contributed by atoms with Crippen molar-refractivity contribution in [2.24, 2.45) is 63.8 Å². The quantitative estimate of drug-likeness (QED) is 0.0878. The molecule has 0 radical (unpaired) electrons. The Hall–Kier alpha value is -1.79. The van der Waals surface area contributed by atoms with E-state index in [-0.39, 0.29) is 54.4 Å². The Morgan fingerprint density at radius 2 is 1.73 bits per heavy atom. The van der Waals surface area contributed by atoms with E-state index in [1.165, 1.54) is 0 Å². The van der Waals surface area contributed by atoms with Gasteiger partial charge in [-0.15, -0.1) is 0 Å². The van der Waals surface area contributed by atoms with E-state index in [2.05, 4.69) is 15.6 Å². The molecule has 0 amide bonds. The zero-order valence-corrected chi connectivity index (χ0v) is 28.3. The minimum absolute atomic E-state index is 0.00275. The van der Waals surface area contributed by atoms with Crippen LogP contribution in [0.25, 0.3) is 0 Å². The number of rotatable bonds is 10. The van der Waals surface area contributed by atoms with Crippen LogP contribution in [0, 0.1) is 47.3 Å². The molecule has 5 rings (SSSR count). The Morgan fingerprint density at radius 1 is 0.979 bits per heavy atom. The number of ketones is 2. The third-order valence-electron chi connectivity index (χ3n) is 12.1. The first-order chi connectivity index (χ1) is 22.9. The van der Waals surface area contributed by atoms with Crippen molar-refractivity contribution in [3.8, 4) is 0 Å². The first-order valence-electron chi connectivity index (χ1n) is 17.6. The maximum absolute atomic E-state index is 14.7. The van der Waals surface area contributed by atoms with E-state index in [4.69, 9.17) is 25.7 Å². The van der Waals surface area contributed by atoms with Gasteiger partial charge < -0.3 is 61.8 Å². The molecule has 15 nitrogen and oxygen atoms in total. The first-order valence-corrected chi connectivity index (χ1v) is 17.6. The van der Waals surface area contributed by atoms with Gasteiger partial charge in [0, 0.05) is 44.9 Å². The molecule has 0 bridgehead atoms. The lowest BCUT2D eigenvalue weighted by atomic mass is 9.51. The monoisotopic (exact) mass is 683 g/mol. The van der Waals surface area contributed by atoms with Crippen LogP contribution in [-0.4, -0.2) is 132 Å². The number of hydrogen-bond donors (Lipinski definition) is 9. The van der Waals surface area contributed by atoms with Gasteiger partial charge in [0.05, 0.1) is 42.9 Å². The highest BCUT2D eigenvalue weighted by Crippen LogP contribution is 2.53. The lowest BCUT2D eigenvalue weighted by molar-refractivity contribution is -0.320. The molecule has 11 N–H and O–H groups in total. The highest BCUT2D eigenvalue weighted by atomic mass is 16.7. The number of ether oxygens (including phenoxy) is 3. The number of methoxy groups -OCH3 is 1. The van der Waals surface area contributed by atoms with Crippen molar-refractivity contribution in [1.82, 2.24) is 10.6 Å². The summed E-state index contributed by atoms with van der Waals surface area (Å²) < 4.78 is 17.7. The Bertz CT molecular complexity index is 1140. The molecule has 12 unspecified atom stereocenters. The summed E-state index contributed by atoms with van der Waals surface area (Å²) in [6, 6.07) is 0. The highest BCUT2D eigenvalue weighted by Gasteiger charge is 2.63. The number of nitrogens with zero attached hydrogens (tertiary/aromatic N) is 1. The van der Waals surface area contributed by atoms with Crippen LogP contribution in [0.15, 0.2) is 4.99 Å². The minimum atomic E-state index is -1.68. The number of fused-ring (bicyclic) bond motifs is 2. The molecule has 3 aliphatic carbocycles. The summed E-state index contributed by atoms with van der Waals surface area (Å²) in [6.45, 7) is 2.42. The van der Waals surface area contributed by atoms with E-state index >= 15 is 0 Å². The van der Waals surface area contributed by atoms with Crippen molar-refractivity contribution in [2.45, 2.75) is 107 Å². The van der Waals surface area contributed by atoms with Crippen LogP contribution in [0.1, 0.15) is 51.9 Å². The number of aliphatic hydroxyl groups excluding tert-OH is 5. The van der Waals surface area contributed by atoms with Gasteiger partial charge in [0.15, 0.2) is 12.2 Å². The maximum Gasteiger partial charge on any atom is 0.188 e. The first kappa shape index (κ1) is 37.5. The SMILES string of the molecule is CCC1C(OC)CC(O[C@H]2O[C@H](CO)[C@@H](O)[C@H](O)[C@H]2O)C2C(=O)C3C(CC(CCC4CCC(N)NC4)C(CNC(N)=NC)C3O)C(=O)C12. The average Bonchev–Trinajstić information content (AvgIpc) is 3.09. The highest BCUT2D eigenvalue weighted by molar-refractivity contribution is 6.01. The van der Waals surface area contributed by atoms with Gasteiger partial charge in [0.1, 0.15) is 36.0 Å². The van der Waals surface area contributed by atoms with Crippen LogP contribution in [0.4, 0.5) is 0 Å². The van der Waals surface area contributed by atoms with Crippen LogP contribution < -0.4 is 22.1 Å². The van der Waals surface area contributed by atoms with Crippen LogP contribution in [0.3, 0.4) is 0 Å². The molecule has 2 saturated heterocycles. The fourth-order valence-corrected chi connectivity index (χ4v) is 9.42. The molecule has 17 atom stereocenters. The third kappa shape index (κ3) is 7.32. The van der Waals surface area contributed by atoms with Crippen LogP contribution in [0.2, 0.25) is 0 Å². The molecule has 5 aliphatic rings. The van der Waals surface area contributed by atoms with Gasteiger partial charge >= 0.3 is 0 Å². The predicted molar refractivity (Wildman–Crippen MR) is 173 cm³/mol.